The summed E-state index contributed by atoms with van der Waals surface area (Å²) in [6.45, 7) is 0.304. The molecule has 0 saturated carbocycles. The van der Waals surface area contributed by atoms with Crippen molar-refractivity contribution < 1.29 is 24.2 Å². The van der Waals surface area contributed by atoms with Gasteiger partial charge >= 0.3 is 0 Å². The summed E-state index contributed by atoms with van der Waals surface area (Å²) in [5.41, 5.74) is 0. The third-order valence-electron chi connectivity index (χ3n) is 2.98. The van der Waals surface area contributed by atoms with Crippen LogP contribution in [0.25, 0.3) is 0 Å². The van der Waals surface area contributed by atoms with E-state index in [1.54, 1.807) is 0 Å². The number of quaternary nitrogens is 1. The summed E-state index contributed by atoms with van der Waals surface area (Å²) >= 11 is 0. The molecule has 2 fully saturated rings. The molecule has 0 aromatic rings. The Morgan fingerprint density at radius 3 is 2.36 bits per heavy atom. The normalized spacial score (nSPS) is 48.2. The number of hydrogen-bond donors (Lipinski definition) is 2. The third-order valence-corrected chi connectivity index (χ3v) is 2.98. The molecule has 5 heteroatoms. The smallest absolute Gasteiger partial charge is 0.211 e. The number of hydrogen-bond acceptors (Lipinski definition) is 4. The van der Waals surface area contributed by atoms with Crippen LogP contribution >= 0.6 is 0 Å². The number of likely N-dealkylation sites (N-methyl/N-ethyl adjacent to an activating group) is 1. The summed E-state index contributed by atoms with van der Waals surface area (Å²) in [4.78, 5) is 0. The van der Waals surface area contributed by atoms with E-state index in [4.69, 9.17) is 9.47 Å². The first-order chi connectivity index (χ1) is 6.41. The minimum Gasteiger partial charge on any atom is -0.388 e. The van der Waals surface area contributed by atoms with Gasteiger partial charge in [-0.3, -0.25) is 0 Å². The van der Waals surface area contributed by atoms with Crippen molar-refractivity contribution in [3.63, 3.8) is 0 Å². The molecule has 2 N–H and O–H groups in total. The molecule has 0 unspecified atom stereocenters. The molecule has 14 heavy (non-hydrogen) atoms. The summed E-state index contributed by atoms with van der Waals surface area (Å²) in [6.07, 6.45) is -2.02. The first kappa shape index (κ1) is 10.3. The lowest BCUT2D eigenvalue weighted by Crippen LogP contribution is -2.55. The quantitative estimate of drug-likeness (QED) is 0.512. The van der Waals surface area contributed by atoms with Crippen LogP contribution in [0.15, 0.2) is 0 Å². The topological polar surface area (TPSA) is 58.9 Å². The highest BCUT2D eigenvalue weighted by molar-refractivity contribution is 4.96. The van der Waals surface area contributed by atoms with E-state index in [0.29, 0.717) is 11.1 Å². The molecule has 0 aliphatic carbocycles. The zero-order valence-corrected chi connectivity index (χ0v) is 8.75. The van der Waals surface area contributed by atoms with Crippen molar-refractivity contribution in [1.82, 2.24) is 0 Å². The zero-order valence-electron chi connectivity index (χ0n) is 8.75. The Kier molecular flexibility index (Phi) is 2.32. The Bertz CT molecular complexity index is 227. The summed E-state index contributed by atoms with van der Waals surface area (Å²) in [5, 5.41) is 19.3. The molecule has 82 valence electrons. The van der Waals surface area contributed by atoms with Gasteiger partial charge in [0, 0.05) is 0 Å². The Morgan fingerprint density at radius 1 is 1.14 bits per heavy atom. The van der Waals surface area contributed by atoms with E-state index in [2.05, 4.69) is 0 Å². The maximum atomic E-state index is 9.72. The second kappa shape index (κ2) is 3.15. The van der Waals surface area contributed by atoms with Gasteiger partial charge in [0.1, 0.15) is 18.3 Å². The molecule has 0 radical (unpaired) electrons. The van der Waals surface area contributed by atoms with Gasteiger partial charge in [-0.15, -0.1) is 0 Å². The second-order valence-electron chi connectivity index (χ2n) is 4.96. The van der Waals surface area contributed by atoms with Crippen LogP contribution < -0.4 is 0 Å². The van der Waals surface area contributed by atoms with Crippen molar-refractivity contribution in [2.45, 2.75) is 30.6 Å². The average molecular weight is 204 g/mol. The Labute approximate surface area is 83.4 Å². The number of ether oxygens (including phenoxy) is 2. The number of aliphatic hydroxyl groups is 2. The fraction of sp³-hybridized carbons (Fsp3) is 1.00. The summed E-state index contributed by atoms with van der Waals surface area (Å²) in [6, 6.07) is -0.128. The molecule has 5 nitrogen and oxygen atoms in total. The fourth-order valence-electron chi connectivity index (χ4n) is 2.31. The second-order valence-corrected chi connectivity index (χ2v) is 4.96. The largest absolute Gasteiger partial charge is 0.388 e. The van der Waals surface area contributed by atoms with Crippen molar-refractivity contribution in [2.75, 3.05) is 27.7 Å². The minimum atomic E-state index is -0.847. The SMILES string of the molecule is C[N+](C)(C)[C@@H]1[C@H]2OC[C@H](O)[C@H]2O[C@@H]1O. The highest BCUT2D eigenvalue weighted by Crippen LogP contribution is 2.34. The van der Waals surface area contributed by atoms with Crippen molar-refractivity contribution in [3.05, 3.63) is 0 Å². The molecule has 5 atom stereocenters. The number of nitrogens with zero attached hydrogens (tertiary/aromatic N) is 1. The minimum absolute atomic E-state index is 0.128. The van der Waals surface area contributed by atoms with Crippen LogP contribution in [0.3, 0.4) is 0 Å². The zero-order chi connectivity index (χ0) is 10.5. The van der Waals surface area contributed by atoms with E-state index in [9.17, 15) is 10.2 Å². The Hall–Kier alpha value is -0.200. The van der Waals surface area contributed by atoms with Crippen LogP contribution in [0.1, 0.15) is 0 Å². The van der Waals surface area contributed by atoms with E-state index in [1.807, 2.05) is 21.1 Å². The molecule has 2 heterocycles. The van der Waals surface area contributed by atoms with E-state index in [1.165, 1.54) is 0 Å². The van der Waals surface area contributed by atoms with Crippen molar-refractivity contribution in [3.8, 4) is 0 Å². The Balaban J connectivity index is 2.19. The monoisotopic (exact) mass is 204 g/mol. The molecule has 2 rings (SSSR count). The number of fused-ring (bicyclic) bond motifs is 1. The molecule has 2 aliphatic heterocycles. The molecule has 0 spiro atoms. The first-order valence-corrected chi connectivity index (χ1v) is 4.85. The highest BCUT2D eigenvalue weighted by Gasteiger charge is 2.57. The van der Waals surface area contributed by atoms with Crippen LogP contribution in [-0.2, 0) is 9.47 Å². The van der Waals surface area contributed by atoms with Gasteiger partial charge in [0.25, 0.3) is 0 Å². The van der Waals surface area contributed by atoms with Gasteiger partial charge in [-0.1, -0.05) is 0 Å². The van der Waals surface area contributed by atoms with Crippen LogP contribution in [0.4, 0.5) is 0 Å². The molecular formula is C9H18NO4+. The van der Waals surface area contributed by atoms with Gasteiger partial charge in [0.2, 0.25) is 6.29 Å². The Morgan fingerprint density at radius 2 is 1.79 bits per heavy atom. The maximum absolute atomic E-state index is 9.72. The van der Waals surface area contributed by atoms with Gasteiger partial charge in [-0.2, -0.15) is 0 Å². The standard InChI is InChI=1S/C9H18NO4/c1-10(2,3)6-8-7(14-9(6)12)5(11)4-13-8/h5-9,11-12H,4H2,1-3H3/q+1/t5-,6+,7+,8+,9-/m0/s1. The highest BCUT2D eigenvalue weighted by atomic mass is 16.7. The van der Waals surface area contributed by atoms with Crippen molar-refractivity contribution >= 4 is 0 Å². The van der Waals surface area contributed by atoms with E-state index >= 15 is 0 Å². The van der Waals surface area contributed by atoms with Gasteiger partial charge in [-0.05, 0) is 0 Å². The van der Waals surface area contributed by atoms with Gasteiger partial charge in [0.15, 0.2) is 6.04 Å². The predicted octanol–water partition coefficient (Wildman–Crippen LogP) is -1.46. The third kappa shape index (κ3) is 1.45. The average Bonchev–Trinajstić information content (AvgIpc) is 2.49. The van der Waals surface area contributed by atoms with E-state index in [-0.39, 0.29) is 18.2 Å². The number of rotatable bonds is 1. The maximum Gasteiger partial charge on any atom is 0.211 e. The summed E-state index contributed by atoms with van der Waals surface area (Å²) in [7, 11) is 5.94. The van der Waals surface area contributed by atoms with Gasteiger partial charge < -0.3 is 24.2 Å². The first-order valence-electron chi connectivity index (χ1n) is 4.85. The lowest BCUT2D eigenvalue weighted by molar-refractivity contribution is -0.903. The van der Waals surface area contributed by atoms with Crippen LogP contribution in [0.5, 0.6) is 0 Å². The van der Waals surface area contributed by atoms with Gasteiger partial charge in [-0.25, -0.2) is 0 Å². The molecule has 2 saturated heterocycles. The molecule has 0 bridgehead atoms. The van der Waals surface area contributed by atoms with Crippen molar-refractivity contribution in [2.24, 2.45) is 0 Å². The summed E-state index contributed by atoms with van der Waals surface area (Å²) < 4.78 is 11.3. The van der Waals surface area contributed by atoms with Crippen LogP contribution in [0, 0.1) is 0 Å². The lowest BCUT2D eigenvalue weighted by atomic mass is 10.1. The molecule has 0 aromatic heterocycles. The summed E-state index contributed by atoms with van der Waals surface area (Å²) in [5.74, 6) is 0. The number of aliphatic hydroxyl groups excluding tert-OH is 2. The van der Waals surface area contributed by atoms with E-state index in [0.717, 1.165) is 0 Å². The molecule has 0 amide bonds. The van der Waals surface area contributed by atoms with Crippen molar-refractivity contribution in [1.29, 1.82) is 0 Å². The lowest BCUT2D eigenvalue weighted by Gasteiger charge is -2.34. The molecule has 0 aromatic carbocycles. The van der Waals surface area contributed by atoms with E-state index < -0.39 is 12.4 Å². The predicted molar refractivity (Wildman–Crippen MR) is 48.4 cm³/mol. The molecular weight excluding hydrogens is 186 g/mol. The van der Waals surface area contributed by atoms with Crippen LogP contribution in [0.2, 0.25) is 0 Å². The van der Waals surface area contributed by atoms with Crippen LogP contribution in [-0.4, -0.2) is 73.1 Å². The van der Waals surface area contributed by atoms with Gasteiger partial charge in [0.05, 0.1) is 27.7 Å². The fourth-order valence-corrected chi connectivity index (χ4v) is 2.31. The molecule has 2 aliphatic rings.